The fourth-order valence-corrected chi connectivity index (χ4v) is 3.25. The average Bonchev–Trinajstić information content (AvgIpc) is 3.45. The quantitative estimate of drug-likeness (QED) is 0.501. The fraction of sp³-hybridized carbons (Fsp3) is 0.316. The third-order valence-electron chi connectivity index (χ3n) is 4.68. The van der Waals surface area contributed by atoms with Crippen LogP contribution in [0.25, 0.3) is 11.5 Å². The average molecular weight is 464 g/mol. The van der Waals surface area contributed by atoms with E-state index in [0.717, 1.165) is 6.26 Å². The normalized spacial score (nSPS) is 16.3. The van der Waals surface area contributed by atoms with Crippen molar-refractivity contribution in [2.75, 3.05) is 28.6 Å². The molecule has 1 unspecified atom stereocenters. The van der Waals surface area contributed by atoms with Gasteiger partial charge in [-0.15, -0.1) is 0 Å². The number of anilines is 3. The molecule has 3 aromatic rings. The molecule has 2 amide bonds. The Hall–Kier alpha value is -3.94. The van der Waals surface area contributed by atoms with Crippen LogP contribution in [0.4, 0.5) is 30.5 Å². The molecule has 4 N–H and O–H groups in total. The maximum atomic E-state index is 12.7. The summed E-state index contributed by atoms with van der Waals surface area (Å²) in [5.41, 5.74) is 6.38. The fourth-order valence-electron chi connectivity index (χ4n) is 3.25. The Labute approximate surface area is 184 Å². The second-order valence-electron chi connectivity index (χ2n) is 7.40. The van der Waals surface area contributed by atoms with Gasteiger partial charge in [-0.2, -0.15) is 18.3 Å². The lowest BCUT2D eigenvalue weighted by molar-refractivity contribution is -0.117. The van der Waals surface area contributed by atoms with Crippen LogP contribution in [0.2, 0.25) is 0 Å². The van der Waals surface area contributed by atoms with E-state index in [0.29, 0.717) is 5.56 Å². The van der Waals surface area contributed by atoms with Crippen molar-refractivity contribution in [1.82, 2.24) is 19.7 Å². The number of nitrogens with two attached hydrogens (primary N) is 1. The number of nitrogens with zero attached hydrogens (tertiary/aromatic N) is 5. The molecule has 33 heavy (non-hydrogen) atoms. The van der Waals surface area contributed by atoms with Crippen molar-refractivity contribution in [3.8, 4) is 11.5 Å². The molecule has 4 heterocycles. The van der Waals surface area contributed by atoms with Crippen LogP contribution in [0.3, 0.4) is 0 Å². The molecule has 1 fully saturated rings. The van der Waals surface area contributed by atoms with Gasteiger partial charge in [0.05, 0.1) is 6.20 Å². The van der Waals surface area contributed by atoms with E-state index < -0.39 is 18.6 Å². The number of oxazole rings is 1. The van der Waals surface area contributed by atoms with Crippen LogP contribution >= 0.6 is 0 Å². The summed E-state index contributed by atoms with van der Waals surface area (Å²) in [6.07, 6.45) is -0.282. The molecule has 3 aromatic heterocycles. The highest BCUT2D eigenvalue weighted by atomic mass is 19.4. The summed E-state index contributed by atoms with van der Waals surface area (Å²) in [6.45, 7) is -0.972. The van der Waals surface area contributed by atoms with Gasteiger partial charge in [0.2, 0.25) is 11.8 Å². The first-order valence-corrected chi connectivity index (χ1v) is 9.72. The van der Waals surface area contributed by atoms with E-state index in [1.54, 1.807) is 7.05 Å². The molecule has 0 aromatic carbocycles. The molecule has 174 valence electrons. The van der Waals surface area contributed by atoms with E-state index in [4.69, 9.17) is 10.2 Å². The number of amides is 2. The second-order valence-corrected chi connectivity index (χ2v) is 7.40. The number of nitrogens with one attached hydrogen (secondary N) is 2. The molecule has 1 saturated heterocycles. The molecular formula is C19H19F3N8O3. The first kappa shape index (κ1) is 22.3. The SMILES string of the molecule is Cn1cc(NC(=O)c2coc(-c3ccnc(NCC(F)(F)F)c3)n2)c(N2CC(N)CC2=O)n1. The number of aryl methyl sites for hydroxylation is 1. The lowest BCUT2D eigenvalue weighted by atomic mass is 10.2. The lowest BCUT2D eigenvalue weighted by Crippen LogP contribution is -2.29. The smallest absolute Gasteiger partial charge is 0.405 e. The summed E-state index contributed by atoms with van der Waals surface area (Å²) in [6, 6.07) is 2.48. The van der Waals surface area contributed by atoms with Gasteiger partial charge in [-0.25, -0.2) is 9.97 Å². The summed E-state index contributed by atoms with van der Waals surface area (Å²) in [7, 11) is 1.64. The minimum atomic E-state index is -4.40. The molecule has 4 rings (SSSR count). The van der Waals surface area contributed by atoms with Gasteiger partial charge in [-0.3, -0.25) is 19.2 Å². The van der Waals surface area contributed by atoms with Gasteiger partial charge >= 0.3 is 6.18 Å². The largest absolute Gasteiger partial charge is 0.444 e. The van der Waals surface area contributed by atoms with E-state index in [2.05, 4.69) is 25.7 Å². The van der Waals surface area contributed by atoms with Crippen LogP contribution in [0.15, 0.2) is 35.2 Å². The lowest BCUT2D eigenvalue weighted by Gasteiger charge is -2.14. The number of aromatic nitrogens is 4. The van der Waals surface area contributed by atoms with E-state index >= 15 is 0 Å². The van der Waals surface area contributed by atoms with Crippen LogP contribution in [-0.4, -0.2) is 56.9 Å². The minimum absolute atomic E-state index is 0.0183. The number of halogens is 3. The number of alkyl halides is 3. The van der Waals surface area contributed by atoms with Crippen molar-refractivity contribution in [3.05, 3.63) is 36.5 Å². The van der Waals surface area contributed by atoms with Crippen molar-refractivity contribution >= 4 is 29.1 Å². The van der Waals surface area contributed by atoms with Crippen LogP contribution < -0.4 is 21.3 Å². The highest BCUT2D eigenvalue weighted by Crippen LogP contribution is 2.28. The summed E-state index contributed by atoms with van der Waals surface area (Å²) in [4.78, 5) is 34.2. The first-order chi connectivity index (χ1) is 15.6. The van der Waals surface area contributed by atoms with Crippen LogP contribution in [0.5, 0.6) is 0 Å². The summed E-state index contributed by atoms with van der Waals surface area (Å²) in [5, 5.41) is 9.04. The van der Waals surface area contributed by atoms with E-state index in [-0.39, 0.29) is 53.8 Å². The Morgan fingerprint density at radius 1 is 1.39 bits per heavy atom. The zero-order valence-electron chi connectivity index (χ0n) is 17.3. The maximum absolute atomic E-state index is 12.7. The highest BCUT2D eigenvalue weighted by molar-refractivity contribution is 6.06. The van der Waals surface area contributed by atoms with Gasteiger partial charge in [0.15, 0.2) is 11.5 Å². The second kappa shape index (κ2) is 8.54. The van der Waals surface area contributed by atoms with Crippen LogP contribution in [0, 0.1) is 0 Å². The molecule has 1 aliphatic heterocycles. The topological polar surface area (TPSA) is 144 Å². The van der Waals surface area contributed by atoms with Crippen molar-refractivity contribution in [3.63, 3.8) is 0 Å². The van der Waals surface area contributed by atoms with Crippen molar-refractivity contribution < 1.29 is 27.2 Å². The standard InChI is InChI=1S/C19H19F3N8O3/c1-29-7-12(16(28-29)30-6-11(23)5-15(30)31)26-17(32)13-8-33-18(27-13)10-2-3-24-14(4-10)25-9-19(20,21)22/h2-4,7-8,11H,5-6,9,23H2,1H3,(H,24,25)(H,26,32). The first-order valence-electron chi connectivity index (χ1n) is 9.72. The third-order valence-corrected chi connectivity index (χ3v) is 4.68. The number of hydrogen-bond acceptors (Lipinski definition) is 8. The van der Waals surface area contributed by atoms with Gasteiger partial charge in [0.25, 0.3) is 5.91 Å². The Bertz CT molecular complexity index is 1190. The molecule has 0 aliphatic carbocycles. The van der Waals surface area contributed by atoms with Crippen LogP contribution in [-0.2, 0) is 11.8 Å². The number of carbonyl (C=O) groups excluding carboxylic acids is 2. The Kier molecular flexibility index (Phi) is 5.76. The van der Waals surface area contributed by atoms with E-state index in [1.165, 1.54) is 34.1 Å². The third kappa shape index (κ3) is 5.11. The number of carbonyl (C=O) groups is 2. The van der Waals surface area contributed by atoms with Gasteiger partial charge in [0, 0.05) is 37.8 Å². The van der Waals surface area contributed by atoms with Crippen LogP contribution in [0.1, 0.15) is 16.9 Å². The molecule has 0 radical (unpaired) electrons. The monoisotopic (exact) mass is 464 g/mol. The Morgan fingerprint density at radius 2 is 2.18 bits per heavy atom. The van der Waals surface area contributed by atoms with Crippen molar-refractivity contribution in [1.29, 1.82) is 0 Å². The summed E-state index contributed by atoms with van der Waals surface area (Å²) >= 11 is 0. The molecule has 0 spiro atoms. The van der Waals surface area contributed by atoms with E-state index in [9.17, 15) is 22.8 Å². The zero-order chi connectivity index (χ0) is 23.8. The molecule has 1 atom stereocenters. The van der Waals surface area contributed by atoms with Gasteiger partial charge in [0.1, 0.15) is 24.3 Å². The molecule has 1 aliphatic rings. The number of pyridine rings is 1. The maximum Gasteiger partial charge on any atom is 0.405 e. The van der Waals surface area contributed by atoms with Gasteiger partial charge in [-0.1, -0.05) is 0 Å². The predicted molar refractivity (Wildman–Crippen MR) is 110 cm³/mol. The van der Waals surface area contributed by atoms with Gasteiger partial charge in [-0.05, 0) is 12.1 Å². The summed E-state index contributed by atoms with van der Waals surface area (Å²) in [5.74, 6) is -0.568. The number of rotatable bonds is 6. The molecule has 14 heteroatoms. The summed E-state index contributed by atoms with van der Waals surface area (Å²) < 4.78 is 44.0. The Morgan fingerprint density at radius 3 is 2.88 bits per heavy atom. The van der Waals surface area contributed by atoms with Gasteiger partial charge < -0.3 is 20.8 Å². The van der Waals surface area contributed by atoms with Crippen molar-refractivity contribution in [2.45, 2.75) is 18.6 Å². The molecular weight excluding hydrogens is 445 g/mol. The molecule has 0 saturated carbocycles. The zero-order valence-corrected chi connectivity index (χ0v) is 17.3. The minimum Gasteiger partial charge on any atom is -0.444 e. The Balaban J connectivity index is 1.49. The predicted octanol–water partition coefficient (Wildman–Crippen LogP) is 1.76. The molecule has 11 nitrogen and oxygen atoms in total. The van der Waals surface area contributed by atoms with Crippen molar-refractivity contribution in [2.24, 2.45) is 12.8 Å². The number of hydrogen-bond donors (Lipinski definition) is 3. The highest BCUT2D eigenvalue weighted by Gasteiger charge is 2.32. The van der Waals surface area contributed by atoms with E-state index in [1.807, 2.05) is 0 Å². The molecule has 0 bridgehead atoms.